The van der Waals surface area contributed by atoms with Gasteiger partial charge in [0.15, 0.2) is 0 Å². The van der Waals surface area contributed by atoms with Crippen molar-refractivity contribution in [2.75, 3.05) is 6.61 Å². The van der Waals surface area contributed by atoms with Crippen LogP contribution in [0, 0.1) is 5.82 Å². The van der Waals surface area contributed by atoms with Crippen LogP contribution in [0.3, 0.4) is 0 Å². The Bertz CT molecular complexity index is 475. The van der Waals surface area contributed by atoms with Crippen molar-refractivity contribution >= 4 is 18.3 Å². The number of nitrogens with zero attached hydrogens (tertiary/aromatic N) is 1. The number of benzene rings is 1. The first-order valence-electron chi connectivity index (χ1n) is 5.94. The number of carbonyl (C=O) groups is 1. The molecule has 4 nitrogen and oxygen atoms in total. The SMILES string of the molecule is CC(C)(C)OC(=O)N1SOC[C@@H]1c1cccc(F)c1. The van der Waals surface area contributed by atoms with Crippen LogP contribution in [-0.2, 0) is 8.92 Å². The molecule has 19 heavy (non-hydrogen) atoms. The van der Waals surface area contributed by atoms with Gasteiger partial charge in [-0.15, -0.1) is 0 Å². The summed E-state index contributed by atoms with van der Waals surface area (Å²) < 4.78 is 25.1. The standard InChI is InChI=1S/C13H16FNO3S/c1-13(2,3)18-12(16)15-11(8-17-19-15)9-5-4-6-10(14)7-9/h4-7,11H,8H2,1-3H3/t11-/m1/s1. The van der Waals surface area contributed by atoms with Crippen LogP contribution < -0.4 is 0 Å². The fourth-order valence-corrected chi connectivity index (χ4v) is 2.37. The first kappa shape index (κ1) is 14.1. The lowest BCUT2D eigenvalue weighted by molar-refractivity contribution is 0.0367. The zero-order chi connectivity index (χ0) is 14.0. The van der Waals surface area contributed by atoms with E-state index in [0.717, 1.165) is 12.2 Å². The molecule has 1 atom stereocenters. The molecule has 0 unspecified atom stereocenters. The van der Waals surface area contributed by atoms with Gasteiger partial charge in [-0.1, -0.05) is 12.1 Å². The Morgan fingerprint density at radius 1 is 1.53 bits per heavy atom. The summed E-state index contributed by atoms with van der Waals surface area (Å²) in [6, 6.07) is 5.80. The van der Waals surface area contributed by atoms with E-state index in [2.05, 4.69) is 0 Å². The van der Waals surface area contributed by atoms with Crippen LogP contribution in [0.25, 0.3) is 0 Å². The Hall–Kier alpha value is -1.27. The summed E-state index contributed by atoms with van der Waals surface area (Å²) in [4.78, 5) is 12.0. The van der Waals surface area contributed by atoms with Crippen LogP contribution in [0.5, 0.6) is 0 Å². The monoisotopic (exact) mass is 285 g/mol. The van der Waals surface area contributed by atoms with Crippen LogP contribution in [0.15, 0.2) is 24.3 Å². The summed E-state index contributed by atoms with van der Waals surface area (Å²) in [5.41, 5.74) is 0.114. The van der Waals surface area contributed by atoms with Crippen LogP contribution in [0.4, 0.5) is 9.18 Å². The lowest BCUT2D eigenvalue weighted by Gasteiger charge is -2.26. The molecule has 1 aliphatic heterocycles. The molecule has 1 amide bonds. The van der Waals surface area contributed by atoms with Crippen molar-refractivity contribution in [1.82, 2.24) is 4.31 Å². The van der Waals surface area contributed by atoms with Crippen molar-refractivity contribution in [3.05, 3.63) is 35.6 Å². The molecule has 1 fully saturated rings. The minimum Gasteiger partial charge on any atom is -0.443 e. The third-order valence-electron chi connectivity index (χ3n) is 2.45. The molecule has 1 aromatic rings. The third-order valence-corrected chi connectivity index (χ3v) is 3.25. The van der Waals surface area contributed by atoms with Gasteiger partial charge in [0.2, 0.25) is 0 Å². The van der Waals surface area contributed by atoms with Crippen LogP contribution in [0.1, 0.15) is 32.4 Å². The predicted molar refractivity (Wildman–Crippen MR) is 70.8 cm³/mol. The van der Waals surface area contributed by atoms with Crippen LogP contribution in [-0.4, -0.2) is 22.6 Å². The van der Waals surface area contributed by atoms with E-state index in [4.69, 9.17) is 8.92 Å². The molecule has 0 aromatic heterocycles. The molecule has 0 radical (unpaired) electrons. The number of hydrogen-bond donors (Lipinski definition) is 0. The Morgan fingerprint density at radius 2 is 2.26 bits per heavy atom. The zero-order valence-electron chi connectivity index (χ0n) is 11.1. The highest BCUT2D eigenvalue weighted by molar-refractivity contribution is 7.93. The molecule has 0 spiro atoms. The first-order valence-corrected chi connectivity index (χ1v) is 6.64. The molecule has 1 aromatic carbocycles. The molecule has 0 saturated carbocycles. The van der Waals surface area contributed by atoms with E-state index in [1.54, 1.807) is 32.9 Å². The average molecular weight is 285 g/mol. The van der Waals surface area contributed by atoms with Crippen molar-refractivity contribution in [3.63, 3.8) is 0 Å². The minimum atomic E-state index is -0.577. The highest BCUT2D eigenvalue weighted by Gasteiger charge is 2.35. The number of hydrogen-bond acceptors (Lipinski definition) is 4. The van der Waals surface area contributed by atoms with E-state index in [-0.39, 0.29) is 11.9 Å². The van der Waals surface area contributed by atoms with Gasteiger partial charge >= 0.3 is 6.09 Å². The molecule has 0 bridgehead atoms. The van der Waals surface area contributed by atoms with Gasteiger partial charge in [-0.3, -0.25) is 4.18 Å². The predicted octanol–water partition coefficient (Wildman–Crippen LogP) is 3.70. The van der Waals surface area contributed by atoms with Gasteiger partial charge in [-0.2, -0.15) is 0 Å². The summed E-state index contributed by atoms with van der Waals surface area (Å²) in [5.74, 6) is -0.335. The molecular formula is C13H16FNO3S. The summed E-state index contributed by atoms with van der Waals surface area (Å²) in [6.07, 6.45) is -0.482. The van der Waals surface area contributed by atoms with Gasteiger partial charge in [-0.05, 0) is 38.5 Å². The highest BCUT2D eigenvalue weighted by Crippen LogP contribution is 2.37. The number of amides is 1. The Labute approximate surface area is 116 Å². The maximum Gasteiger partial charge on any atom is 0.422 e. The number of carbonyl (C=O) groups excluding carboxylic acids is 1. The number of halogens is 1. The van der Waals surface area contributed by atoms with Gasteiger partial charge in [0.05, 0.1) is 12.6 Å². The molecule has 1 aliphatic rings. The molecule has 0 aliphatic carbocycles. The quantitative estimate of drug-likeness (QED) is 0.582. The van der Waals surface area contributed by atoms with Gasteiger partial charge in [-0.25, -0.2) is 13.5 Å². The van der Waals surface area contributed by atoms with E-state index in [1.807, 2.05) is 0 Å². The smallest absolute Gasteiger partial charge is 0.422 e. The Kier molecular flexibility index (Phi) is 4.01. The van der Waals surface area contributed by atoms with Crippen LogP contribution >= 0.6 is 12.2 Å². The molecular weight excluding hydrogens is 269 g/mol. The normalized spacial score (nSPS) is 19.6. The fourth-order valence-electron chi connectivity index (χ4n) is 1.68. The maximum absolute atomic E-state index is 13.2. The lowest BCUT2D eigenvalue weighted by atomic mass is 10.1. The van der Waals surface area contributed by atoms with Crippen molar-refractivity contribution in [1.29, 1.82) is 0 Å². The largest absolute Gasteiger partial charge is 0.443 e. The number of rotatable bonds is 1. The van der Waals surface area contributed by atoms with Crippen molar-refractivity contribution in [2.45, 2.75) is 32.4 Å². The van der Waals surface area contributed by atoms with Gasteiger partial charge in [0.25, 0.3) is 0 Å². The van der Waals surface area contributed by atoms with E-state index in [1.165, 1.54) is 16.4 Å². The topological polar surface area (TPSA) is 38.8 Å². The zero-order valence-corrected chi connectivity index (χ0v) is 11.9. The van der Waals surface area contributed by atoms with E-state index < -0.39 is 11.7 Å². The lowest BCUT2D eigenvalue weighted by Crippen LogP contribution is -2.33. The number of ether oxygens (including phenoxy) is 1. The van der Waals surface area contributed by atoms with Gasteiger partial charge < -0.3 is 4.74 Å². The third kappa shape index (κ3) is 3.61. The van der Waals surface area contributed by atoms with E-state index >= 15 is 0 Å². The van der Waals surface area contributed by atoms with Crippen molar-refractivity contribution in [2.24, 2.45) is 0 Å². The fraction of sp³-hybridized carbons (Fsp3) is 0.462. The Morgan fingerprint density at radius 3 is 2.89 bits per heavy atom. The second kappa shape index (κ2) is 5.38. The summed E-state index contributed by atoms with van der Waals surface area (Å²) in [7, 11) is 0. The molecule has 1 saturated heterocycles. The average Bonchev–Trinajstić information content (AvgIpc) is 2.75. The highest BCUT2D eigenvalue weighted by atomic mass is 32.2. The van der Waals surface area contributed by atoms with E-state index in [9.17, 15) is 9.18 Å². The second-order valence-corrected chi connectivity index (χ2v) is 6.01. The molecule has 0 N–H and O–H groups in total. The molecule has 2 rings (SSSR count). The first-order chi connectivity index (χ1) is 8.87. The summed E-state index contributed by atoms with van der Waals surface area (Å²) in [5, 5.41) is 0. The molecule has 104 valence electrons. The summed E-state index contributed by atoms with van der Waals surface area (Å²) >= 11 is 0.936. The Balaban J connectivity index is 2.15. The van der Waals surface area contributed by atoms with Crippen molar-refractivity contribution in [3.8, 4) is 0 Å². The van der Waals surface area contributed by atoms with Crippen molar-refractivity contribution < 1.29 is 18.1 Å². The van der Waals surface area contributed by atoms with Gasteiger partial charge in [0, 0.05) is 0 Å². The van der Waals surface area contributed by atoms with Crippen LogP contribution in [0.2, 0.25) is 0 Å². The molecule has 6 heteroatoms. The van der Waals surface area contributed by atoms with Gasteiger partial charge in [0.1, 0.15) is 23.6 Å². The summed E-state index contributed by atoms with van der Waals surface area (Å²) in [6.45, 7) is 5.70. The molecule has 1 heterocycles. The minimum absolute atomic E-state index is 0.313. The van der Waals surface area contributed by atoms with E-state index in [0.29, 0.717) is 12.2 Å². The second-order valence-electron chi connectivity index (χ2n) is 5.24. The maximum atomic E-state index is 13.2.